The van der Waals surface area contributed by atoms with Gasteiger partial charge in [-0.3, -0.25) is 4.79 Å². The number of nitrogens with one attached hydrogen (secondary N) is 1. The number of hydrogen-bond donors (Lipinski definition) is 1. The van der Waals surface area contributed by atoms with Gasteiger partial charge in [-0.2, -0.15) is 4.68 Å². The molecule has 28 heavy (non-hydrogen) atoms. The molecule has 4 rings (SSSR count). The molecule has 0 saturated carbocycles. The van der Waals surface area contributed by atoms with E-state index in [1.165, 1.54) is 0 Å². The number of benzene rings is 3. The van der Waals surface area contributed by atoms with Crippen LogP contribution in [0.4, 0.5) is 5.69 Å². The molecule has 0 saturated heterocycles. The molecule has 1 amide bonds. The van der Waals surface area contributed by atoms with Crippen molar-refractivity contribution in [2.45, 2.75) is 6.61 Å². The highest BCUT2D eigenvalue weighted by Crippen LogP contribution is 2.21. The van der Waals surface area contributed by atoms with Crippen LogP contribution in [0.2, 0.25) is 0 Å². The summed E-state index contributed by atoms with van der Waals surface area (Å²) < 4.78 is 7.48. The molecule has 0 spiro atoms. The molecule has 1 N–H and O–H groups in total. The fraction of sp³-hybridized carbons (Fsp3) is 0.0476. The molecule has 0 fully saturated rings. The molecule has 0 aliphatic carbocycles. The maximum Gasteiger partial charge on any atom is 0.259 e. The fourth-order valence-corrected chi connectivity index (χ4v) is 2.71. The Morgan fingerprint density at radius 3 is 2.36 bits per heavy atom. The van der Waals surface area contributed by atoms with Gasteiger partial charge in [-0.05, 0) is 46.8 Å². The highest BCUT2D eigenvalue weighted by Gasteiger charge is 2.14. The molecule has 4 aromatic rings. The summed E-state index contributed by atoms with van der Waals surface area (Å²) in [5, 5.41) is 14.6. The molecule has 0 aliphatic rings. The summed E-state index contributed by atoms with van der Waals surface area (Å²) in [6.07, 6.45) is 0. The molecule has 3 aromatic carbocycles. The number of carbonyl (C=O) groups is 1. The third kappa shape index (κ3) is 3.88. The van der Waals surface area contributed by atoms with Crippen molar-refractivity contribution in [2.75, 3.05) is 5.32 Å². The van der Waals surface area contributed by atoms with Crippen molar-refractivity contribution in [1.82, 2.24) is 20.2 Å². The van der Waals surface area contributed by atoms with Gasteiger partial charge >= 0.3 is 0 Å². The molecule has 0 aliphatic heterocycles. The van der Waals surface area contributed by atoms with Gasteiger partial charge in [0.05, 0.1) is 11.3 Å². The number of para-hydroxylation sites is 3. The first kappa shape index (κ1) is 17.4. The van der Waals surface area contributed by atoms with Crippen molar-refractivity contribution in [1.29, 1.82) is 0 Å². The predicted molar refractivity (Wildman–Crippen MR) is 104 cm³/mol. The van der Waals surface area contributed by atoms with Crippen LogP contribution in [0.5, 0.6) is 5.75 Å². The molecule has 138 valence electrons. The van der Waals surface area contributed by atoms with Crippen molar-refractivity contribution in [3.05, 3.63) is 96.3 Å². The molecule has 0 atom stereocenters. The lowest BCUT2D eigenvalue weighted by molar-refractivity contribution is 0.102. The minimum absolute atomic E-state index is 0.123. The first-order valence-corrected chi connectivity index (χ1v) is 8.72. The van der Waals surface area contributed by atoms with Gasteiger partial charge in [0, 0.05) is 5.69 Å². The fourth-order valence-electron chi connectivity index (χ4n) is 2.71. The van der Waals surface area contributed by atoms with E-state index in [-0.39, 0.29) is 12.5 Å². The first-order chi connectivity index (χ1) is 13.8. The topological polar surface area (TPSA) is 81.9 Å². The SMILES string of the molecule is O=C(Nc1ccccc1)c1ccccc1OCc1nnnn1-c1ccccc1. The zero-order valence-corrected chi connectivity index (χ0v) is 14.9. The van der Waals surface area contributed by atoms with Gasteiger partial charge in [-0.25, -0.2) is 0 Å². The van der Waals surface area contributed by atoms with Crippen LogP contribution < -0.4 is 10.1 Å². The number of tetrazole rings is 1. The number of amides is 1. The van der Waals surface area contributed by atoms with Crippen LogP contribution in [0.1, 0.15) is 16.2 Å². The van der Waals surface area contributed by atoms with E-state index in [1.54, 1.807) is 22.9 Å². The first-order valence-electron chi connectivity index (χ1n) is 8.72. The van der Waals surface area contributed by atoms with E-state index in [0.717, 1.165) is 11.4 Å². The summed E-state index contributed by atoms with van der Waals surface area (Å²) in [5.74, 6) is 0.743. The van der Waals surface area contributed by atoms with Crippen molar-refractivity contribution >= 4 is 11.6 Å². The Balaban J connectivity index is 1.51. The summed E-state index contributed by atoms with van der Waals surface area (Å²) in [4.78, 5) is 12.6. The normalized spacial score (nSPS) is 10.4. The zero-order valence-electron chi connectivity index (χ0n) is 14.9. The van der Waals surface area contributed by atoms with Crippen molar-refractivity contribution in [2.24, 2.45) is 0 Å². The highest BCUT2D eigenvalue weighted by molar-refractivity contribution is 6.06. The minimum Gasteiger partial charge on any atom is -0.485 e. The maximum absolute atomic E-state index is 12.6. The monoisotopic (exact) mass is 371 g/mol. The van der Waals surface area contributed by atoms with Gasteiger partial charge in [-0.15, -0.1) is 5.10 Å². The second kappa shape index (κ2) is 8.13. The summed E-state index contributed by atoms with van der Waals surface area (Å²) in [6, 6.07) is 25.9. The Kier molecular flexibility index (Phi) is 5.06. The van der Waals surface area contributed by atoms with Crippen molar-refractivity contribution in [3.63, 3.8) is 0 Å². The lowest BCUT2D eigenvalue weighted by Crippen LogP contribution is -2.14. The Morgan fingerprint density at radius 2 is 1.57 bits per heavy atom. The smallest absolute Gasteiger partial charge is 0.259 e. The van der Waals surface area contributed by atoms with Gasteiger partial charge in [0.1, 0.15) is 12.4 Å². The second-order valence-electron chi connectivity index (χ2n) is 5.95. The van der Waals surface area contributed by atoms with Crippen LogP contribution in [0, 0.1) is 0 Å². The Bertz CT molecular complexity index is 1060. The minimum atomic E-state index is -0.246. The Labute approximate surface area is 161 Å². The number of nitrogens with zero attached hydrogens (tertiary/aromatic N) is 4. The van der Waals surface area contributed by atoms with Crippen molar-refractivity contribution < 1.29 is 9.53 Å². The lowest BCUT2D eigenvalue weighted by atomic mass is 10.2. The van der Waals surface area contributed by atoms with Crippen LogP contribution in [0.15, 0.2) is 84.9 Å². The lowest BCUT2D eigenvalue weighted by Gasteiger charge is -2.11. The van der Waals surface area contributed by atoms with Gasteiger partial charge in [0.15, 0.2) is 5.82 Å². The predicted octanol–water partition coefficient (Wildman–Crippen LogP) is 3.49. The third-order valence-corrected chi connectivity index (χ3v) is 4.05. The average Bonchev–Trinajstić information content (AvgIpc) is 3.22. The van der Waals surface area contributed by atoms with E-state index in [1.807, 2.05) is 66.7 Å². The van der Waals surface area contributed by atoms with E-state index in [9.17, 15) is 4.79 Å². The average molecular weight is 371 g/mol. The molecule has 7 nitrogen and oxygen atoms in total. The standard InChI is InChI=1S/C21H17N5O2/c27-21(22-16-9-3-1-4-10-16)18-13-7-8-14-19(18)28-15-20-23-24-25-26(20)17-11-5-2-6-12-17/h1-14H,15H2,(H,22,27). The van der Waals surface area contributed by atoms with Crippen molar-refractivity contribution in [3.8, 4) is 11.4 Å². The number of aromatic nitrogens is 4. The molecule has 0 bridgehead atoms. The van der Waals surface area contributed by atoms with E-state index in [4.69, 9.17) is 4.74 Å². The quantitative estimate of drug-likeness (QED) is 0.561. The molecule has 0 radical (unpaired) electrons. The summed E-state index contributed by atoms with van der Waals surface area (Å²) in [6.45, 7) is 0.123. The second-order valence-corrected chi connectivity index (χ2v) is 5.95. The van der Waals surface area contributed by atoms with Crippen LogP contribution in [-0.4, -0.2) is 26.1 Å². The number of anilines is 1. The Morgan fingerprint density at radius 1 is 0.893 bits per heavy atom. The van der Waals surface area contributed by atoms with Crippen LogP contribution in [0.25, 0.3) is 5.69 Å². The van der Waals surface area contributed by atoms with Gasteiger partial charge < -0.3 is 10.1 Å². The van der Waals surface area contributed by atoms with Gasteiger partial charge in [0.25, 0.3) is 5.91 Å². The largest absolute Gasteiger partial charge is 0.485 e. The molecule has 1 aromatic heterocycles. The third-order valence-electron chi connectivity index (χ3n) is 4.05. The molecule has 1 heterocycles. The van der Waals surface area contributed by atoms with Crippen LogP contribution in [0.3, 0.4) is 0 Å². The molecular formula is C21H17N5O2. The van der Waals surface area contributed by atoms with Crippen LogP contribution >= 0.6 is 0 Å². The maximum atomic E-state index is 12.6. The van der Waals surface area contributed by atoms with E-state index >= 15 is 0 Å². The van der Waals surface area contributed by atoms with E-state index in [0.29, 0.717) is 17.1 Å². The van der Waals surface area contributed by atoms with Gasteiger partial charge in [0.2, 0.25) is 0 Å². The van der Waals surface area contributed by atoms with E-state index in [2.05, 4.69) is 20.8 Å². The number of carbonyl (C=O) groups excluding carboxylic acids is 1. The summed E-state index contributed by atoms with van der Waals surface area (Å²) in [7, 11) is 0. The molecule has 0 unspecified atom stereocenters. The molecule has 7 heteroatoms. The highest BCUT2D eigenvalue weighted by atomic mass is 16.5. The summed E-state index contributed by atoms with van der Waals surface area (Å²) >= 11 is 0. The zero-order chi connectivity index (χ0) is 19.2. The van der Waals surface area contributed by atoms with Gasteiger partial charge in [-0.1, -0.05) is 48.5 Å². The number of ether oxygens (including phenoxy) is 1. The number of hydrogen-bond acceptors (Lipinski definition) is 5. The molecular weight excluding hydrogens is 354 g/mol. The Hall–Kier alpha value is -4.00. The summed E-state index contributed by atoms with van der Waals surface area (Å²) in [5.41, 5.74) is 1.99. The number of rotatable bonds is 6. The van der Waals surface area contributed by atoms with Crippen LogP contribution in [-0.2, 0) is 6.61 Å². The van der Waals surface area contributed by atoms with E-state index < -0.39 is 0 Å².